The van der Waals surface area contributed by atoms with Crippen molar-refractivity contribution in [1.29, 1.82) is 0 Å². The lowest BCUT2D eigenvalue weighted by Crippen LogP contribution is -2.27. The number of benzene rings is 1. The van der Waals surface area contributed by atoms with E-state index in [9.17, 15) is 0 Å². The van der Waals surface area contributed by atoms with Gasteiger partial charge in [0.1, 0.15) is 5.82 Å². The van der Waals surface area contributed by atoms with Crippen LogP contribution < -0.4 is 16.8 Å². The molecule has 1 unspecified atom stereocenters. The second-order valence-electron chi connectivity index (χ2n) is 8.15. The fraction of sp³-hybridized carbons (Fsp3) is 0.545. The van der Waals surface area contributed by atoms with Gasteiger partial charge in [-0.05, 0) is 62.8 Å². The molecule has 0 spiro atoms. The number of anilines is 2. The van der Waals surface area contributed by atoms with Gasteiger partial charge in [-0.15, -0.1) is 0 Å². The van der Waals surface area contributed by atoms with E-state index < -0.39 is 0 Å². The van der Waals surface area contributed by atoms with Crippen LogP contribution in [0.2, 0.25) is 0 Å². The van der Waals surface area contributed by atoms with Crippen LogP contribution in [0.25, 0.3) is 0 Å². The number of nitrogens with two attached hydrogens (primary N) is 2. The molecular weight excluding hydrogens is 334 g/mol. The summed E-state index contributed by atoms with van der Waals surface area (Å²) in [6.07, 6.45) is 9.32. The molecule has 1 aromatic carbocycles. The van der Waals surface area contributed by atoms with Crippen LogP contribution >= 0.6 is 0 Å². The monoisotopic (exact) mass is 365 g/mol. The summed E-state index contributed by atoms with van der Waals surface area (Å²) in [6, 6.07) is 11.1. The van der Waals surface area contributed by atoms with Crippen molar-refractivity contribution in [2.45, 2.75) is 63.3 Å². The number of hydrogen-bond acceptors (Lipinski definition) is 5. The Morgan fingerprint density at radius 1 is 1.00 bits per heavy atom. The summed E-state index contributed by atoms with van der Waals surface area (Å²) in [5.41, 5.74) is 15.8. The molecule has 144 valence electrons. The van der Waals surface area contributed by atoms with Crippen molar-refractivity contribution in [1.82, 2.24) is 9.97 Å². The van der Waals surface area contributed by atoms with Gasteiger partial charge in [0, 0.05) is 24.1 Å². The Kier molecular flexibility index (Phi) is 5.58. The summed E-state index contributed by atoms with van der Waals surface area (Å²) in [4.78, 5) is 9.20. The summed E-state index contributed by atoms with van der Waals surface area (Å²) >= 11 is 0. The topological polar surface area (TPSA) is 89.8 Å². The standard InChI is InChI=1S/C22H31N5/c23-17-11-9-15(10-12-17)13-14-25-21-19-8-4-7-18(16-5-2-1-3-6-16)20(19)26-22(24)27-21/h1-3,5-6,15,17-18H,4,7-14,23H2,(H3,24,25,26,27)/t15-,17-,18?. The van der Waals surface area contributed by atoms with E-state index in [0.29, 0.717) is 17.9 Å². The van der Waals surface area contributed by atoms with Gasteiger partial charge in [0.2, 0.25) is 5.95 Å². The van der Waals surface area contributed by atoms with Crippen LogP contribution in [-0.2, 0) is 6.42 Å². The molecule has 2 aromatic rings. The van der Waals surface area contributed by atoms with E-state index in [1.807, 2.05) is 0 Å². The normalized spacial score (nSPS) is 25.0. The van der Waals surface area contributed by atoms with Crippen molar-refractivity contribution >= 4 is 11.8 Å². The maximum Gasteiger partial charge on any atom is 0.222 e. The van der Waals surface area contributed by atoms with Crippen molar-refractivity contribution in [2.75, 3.05) is 17.6 Å². The van der Waals surface area contributed by atoms with Gasteiger partial charge in [0.15, 0.2) is 0 Å². The molecule has 0 bridgehead atoms. The second-order valence-corrected chi connectivity index (χ2v) is 8.15. The van der Waals surface area contributed by atoms with Crippen molar-refractivity contribution in [3.05, 3.63) is 47.2 Å². The zero-order chi connectivity index (χ0) is 18.6. The van der Waals surface area contributed by atoms with Gasteiger partial charge in [0.25, 0.3) is 0 Å². The molecule has 27 heavy (non-hydrogen) atoms. The molecule has 0 aliphatic heterocycles. The van der Waals surface area contributed by atoms with E-state index in [2.05, 4.69) is 45.6 Å². The molecule has 1 saturated carbocycles. The predicted octanol–water partition coefficient (Wildman–Crippen LogP) is 3.85. The minimum absolute atomic E-state index is 0.320. The van der Waals surface area contributed by atoms with Crippen LogP contribution in [-0.4, -0.2) is 22.6 Å². The lowest BCUT2D eigenvalue weighted by molar-refractivity contribution is 0.316. The Hall–Kier alpha value is -2.14. The van der Waals surface area contributed by atoms with Crippen molar-refractivity contribution in [3.63, 3.8) is 0 Å². The highest BCUT2D eigenvalue weighted by molar-refractivity contribution is 5.53. The van der Waals surface area contributed by atoms with Crippen molar-refractivity contribution in [3.8, 4) is 0 Å². The molecule has 1 atom stereocenters. The third kappa shape index (κ3) is 4.24. The first-order valence-electron chi connectivity index (χ1n) is 10.4. The minimum Gasteiger partial charge on any atom is -0.370 e. The van der Waals surface area contributed by atoms with E-state index in [0.717, 1.165) is 43.2 Å². The highest BCUT2D eigenvalue weighted by atomic mass is 15.1. The number of hydrogen-bond donors (Lipinski definition) is 3. The number of aromatic nitrogens is 2. The molecule has 2 aliphatic carbocycles. The average Bonchev–Trinajstić information content (AvgIpc) is 2.69. The fourth-order valence-corrected chi connectivity index (χ4v) is 4.70. The summed E-state index contributed by atoms with van der Waals surface area (Å²) < 4.78 is 0. The molecule has 1 aromatic heterocycles. The highest BCUT2D eigenvalue weighted by Crippen LogP contribution is 2.38. The third-order valence-electron chi connectivity index (χ3n) is 6.24. The Bertz CT molecular complexity index is 753. The molecule has 2 aliphatic rings. The predicted molar refractivity (Wildman–Crippen MR) is 111 cm³/mol. The Labute approximate surface area is 162 Å². The summed E-state index contributed by atoms with van der Waals surface area (Å²) in [5, 5.41) is 3.58. The Morgan fingerprint density at radius 2 is 1.78 bits per heavy atom. The van der Waals surface area contributed by atoms with Gasteiger partial charge in [-0.1, -0.05) is 30.3 Å². The maximum atomic E-state index is 6.08. The largest absolute Gasteiger partial charge is 0.370 e. The van der Waals surface area contributed by atoms with Crippen LogP contribution in [0.3, 0.4) is 0 Å². The smallest absolute Gasteiger partial charge is 0.222 e. The lowest BCUT2D eigenvalue weighted by atomic mass is 9.82. The zero-order valence-corrected chi connectivity index (χ0v) is 16.0. The van der Waals surface area contributed by atoms with Crippen LogP contribution in [0, 0.1) is 5.92 Å². The highest BCUT2D eigenvalue weighted by Gasteiger charge is 2.27. The fourth-order valence-electron chi connectivity index (χ4n) is 4.70. The Balaban J connectivity index is 1.48. The number of nitrogens with one attached hydrogen (secondary N) is 1. The van der Waals surface area contributed by atoms with Gasteiger partial charge >= 0.3 is 0 Å². The van der Waals surface area contributed by atoms with E-state index in [1.54, 1.807) is 0 Å². The number of nitrogen functional groups attached to an aromatic ring is 1. The van der Waals surface area contributed by atoms with Gasteiger partial charge in [-0.3, -0.25) is 0 Å². The minimum atomic E-state index is 0.320. The molecule has 0 amide bonds. The summed E-state index contributed by atoms with van der Waals surface area (Å²) in [5.74, 6) is 2.43. The molecular formula is C22H31N5. The summed E-state index contributed by atoms with van der Waals surface area (Å²) in [7, 11) is 0. The van der Waals surface area contributed by atoms with Crippen molar-refractivity contribution < 1.29 is 0 Å². The van der Waals surface area contributed by atoms with Gasteiger partial charge in [-0.25, -0.2) is 4.98 Å². The average molecular weight is 366 g/mol. The number of fused-ring (bicyclic) bond motifs is 1. The van der Waals surface area contributed by atoms with Gasteiger partial charge in [-0.2, -0.15) is 4.98 Å². The second kappa shape index (κ2) is 8.26. The zero-order valence-electron chi connectivity index (χ0n) is 16.0. The molecule has 1 heterocycles. The van der Waals surface area contributed by atoms with Crippen LogP contribution in [0.15, 0.2) is 30.3 Å². The molecule has 5 nitrogen and oxygen atoms in total. The first-order chi connectivity index (χ1) is 13.2. The first kappa shape index (κ1) is 18.2. The van der Waals surface area contributed by atoms with E-state index in [-0.39, 0.29) is 0 Å². The van der Waals surface area contributed by atoms with Crippen LogP contribution in [0.4, 0.5) is 11.8 Å². The summed E-state index contributed by atoms with van der Waals surface area (Å²) in [6.45, 7) is 0.943. The van der Waals surface area contributed by atoms with E-state index in [4.69, 9.17) is 11.5 Å². The number of rotatable bonds is 5. The first-order valence-corrected chi connectivity index (χ1v) is 10.4. The molecule has 0 radical (unpaired) electrons. The van der Waals surface area contributed by atoms with Gasteiger partial charge < -0.3 is 16.8 Å². The van der Waals surface area contributed by atoms with E-state index in [1.165, 1.54) is 43.2 Å². The number of nitrogens with zero attached hydrogens (tertiary/aromatic N) is 2. The van der Waals surface area contributed by atoms with Crippen molar-refractivity contribution in [2.24, 2.45) is 11.7 Å². The quantitative estimate of drug-likeness (QED) is 0.749. The maximum absolute atomic E-state index is 6.08. The van der Waals surface area contributed by atoms with Gasteiger partial charge in [0.05, 0.1) is 5.69 Å². The molecule has 1 fully saturated rings. The Morgan fingerprint density at radius 3 is 2.56 bits per heavy atom. The lowest BCUT2D eigenvalue weighted by Gasteiger charge is -2.28. The molecule has 5 heteroatoms. The van der Waals surface area contributed by atoms with E-state index >= 15 is 0 Å². The molecule has 5 N–H and O–H groups in total. The van der Waals surface area contributed by atoms with Crippen LogP contribution in [0.1, 0.15) is 67.7 Å². The molecule has 0 saturated heterocycles. The SMILES string of the molecule is Nc1nc(NCC[C@H]2CC[C@H](N)CC2)c2c(n1)C(c1ccccc1)CCC2. The van der Waals surface area contributed by atoms with Crippen LogP contribution in [0.5, 0.6) is 0 Å². The molecule has 4 rings (SSSR count). The third-order valence-corrected chi connectivity index (χ3v) is 6.24.